The molecule has 5 unspecified atom stereocenters. The van der Waals surface area contributed by atoms with Gasteiger partial charge in [0.05, 0.1) is 11.7 Å². The van der Waals surface area contributed by atoms with Crippen molar-refractivity contribution in [3.8, 4) is 0 Å². The molecule has 7 nitrogen and oxygen atoms in total. The van der Waals surface area contributed by atoms with Crippen molar-refractivity contribution in [2.45, 2.75) is 58.3 Å². The van der Waals surface area contributed by atoms with Gasteiger partial charge < -0.3 is 19.3 Å². The Morgan fingerprint density at radius 3 is 2.65 bits per heavy atom. The second kappa shape index (κ2) is 6.54. The molecule has 1 aliphatic heterocycles. The third kappa shape index (κ3) is 2.94. The van der Waals surface area contributed by atoms with E-state index in [1.54, 1.807) is 0 Å². The van der Waals surface area contributed by atoms with Crippen LogP contribution in [-0.2, 0) is 28.6 Å². The minimum absolute atomic E-state index is 0.214. The maximum Gasteiger partial charge on any atom is 0.338 e. The number of hydrogen-bond donors (Lipinski definition) is 1. The molecule has 3 rings (SSSR count). The van der Waals surface area contributed by atoms with Crippen LogP contribution in [0.15, 0.2) is 23.3 Å². The predicted molar refractivity (Wildman–Crippen MR) is 89.7 cm³/mol. The monoisotopic (exact) mass is 364 g/mol. The summed E-state index contributed by atoms with van der Waals surface area (Å²) in [6.07, 6.45) is -0.439. The Labute approximate surface area is 152 Å². The highest BCUT2D eigenvalue weighted by Crippen LogP contribution is 2.56. The second-order valence-corrected chi connectivity index (χ2v) is 7.54. The standard InChI is InChI=1S/C19H24O7/c1-9-5-6-14(22)19(4)7-13(25-11(3)21)15-12(8-24-10(2)20)18(23)26-17(15)16(9)19/h13-14,16-17,22H,1,5-8H2,2-4H3. The number of esters is 3. The molecular formula is C19H24O7. The van der Waals surface area contributed by atoms with Crippen LogP contribution in [0.5, 0.6) is 0 Å². The Bertz CT molecular complexity index is 707. The van der Waals surface area contributed by atoms with Crippen molar-refractivity contribution in [1.29, 1.82) is 0 Å². The van der Waals surface area contributed by atoms with E-state index < -0.39 is 41.6 Å². The molecule has 0 radical (unpaired) electrons. The summed E-state index contributed by atoms with van der Waals surface area (Å²) in [5.74, 6) is -1.86. The first-order chi connectivity index (χ1) is 12.1. The number of hydrogen-bond acceptors (Lipinski definition) is 7. The van der Waals surface area contributed by atoms with Gasteiger partial charge in [-0.25, -0.2) is 4.79 Å². The van der Waals surface area contributed by atoms with E-state index in [4.69, 9.17) is 14.2 Å². The maximum atomic E-state index is 12.4. The van der Waals surface area contributed by atoms with Crippen LogP contribution in [0.2, 0.25) is 0 Å². The van der Waals surface area contributed by atoms with Gasteiger partial charge in [0.25, 0.3) is 0 Å². The fraction of sp³-hybridized carbons (Fsp3) is 0.632. The van der Waals surface area contributed by atoms with Crippen LogP contribution in [0.1, 0.15) is 40.0 Å². The van der Waals surface area contributed by atoms with E-state index in [1.165, 1.54) is 13.8 Å². The van der Waals surface area contributed by atoms with Crippen LogP contribution < -0.4 is 0 Å². The van der Waals surface area contributed by atoms with Crippen LogP contribution in [0, 0.1) is 11.3 Å². The SMILES string of the molecule is C=C1CCC(O)C2(C)CC(OC(C)=O)C3=C(COC(C)=O)C(=O)OC3C12. The molecule has 0 aromatic rings. The zero-order chi connectivity index (χ0) is 19.2. The van der Waals surface area contributed by atoms with E-state index in [0.29, 0.717) is 24.8 Å². The van der Waals surface area contributed by atoms with Gasteiger partial charge in [0.2, 0.25) is 0 Å². The van der Waals surface area contributed by atoms with Crippen LogP contribution in [0.25, 0.3) is 0 Å². The zero-order valence-electron chi connectivity index (χ0n) is 15.2. The molecule has 1 N–H and O–H groups in total. The van der Waals surface area contributed by atoms with E-state index >= 15 is 0 Å². The lowest BCUT2D eigenvalue weighted by Crippen LogP contribution is -2.56. The number of ether oxygens (including phenoxy) is 3. The lowest BCUT2D eigenvalue weighted by atomic mass is 9.55. The first-order valence-electron chi connectivity index (χ1n) is 8.75. The van der Waals surface area contributed by atoms with Gasteiger partial charge in [-0.2, -0.15) is 0 Å². The zero-order valence-corrected chi connectivity index (χ0v) is 15.2. The van der Waals surface area contributed by atoms with Gasteiger partial charge in [-0.15, -0.1) is 0 Å². The Morgan fingerprint density at radius 1 is 1.35 bits per heavy atom. The molecule has 142 valence electrons. The number of rotatable bonds is 3. The molecule has 3 aliphatic rings. The second-order valence-electron chi connectivity index (χ2n) is 7.54. The number of aliphatic hydroxyl groups is 1. The smallest absolute Gasteiger partial charge is 0.338 e. The highest BCUT2D eigenvalue weighted by Gasteiger charge is 2.59. The molecule has 2 aliphatic carbocycles. The highest BCUT2D eigenvalue weighted by molar-refractivity contribution is 5.93. The number of aliphatic hydroxyl groups excluding tert-OH is 1. The predicted octanol–water partition coefficient (Wildman–Crippen LogP) is 1.44. The third-order valence-corrected chi connectivity index (χ3v) is 5.79. The molecule has 0 amide bonds. The van der Waals surface area contributed by atoms with E-state index in [0.717, 1.165) is 5.57 Å². The molecule has 1 heterocycles. The molecule has 26 heavy (non-hydrogen) atoms. The van der Waals surface area contributed by atoms with Crippen molar-refractivity contribution in [2.75, 3.05) is 6.61 Å². The summed E-state index contributed by atoms with van der Waals surface area (Å²) < 4.78 is 16.1. The average Bonchev–Trinajstić information content (AvgIpc) is 2.84. The van der Waals surface area contributed by atoms with E-state index in [-0.39, 0.29) is 18.1 Å². The fourth-order valence-electron chi connectivity index (χ4n) is 4.60. The van der Waals surface area contributed by atoms with Crippen LogP contribution in [-0.4, -0.2) is 47.9 Å². The van der Waals surface area contributed by atoms with Crippen molar-refractivity contribution >= 4 is 17.9 Å². The van der Waals surface area contributed by atoms with Crippen molar-refractivity contribution in [1.82, 2.24) is 0 Å². The van der Waals surface area contributed by atoms with E-state index in [1.807, 2.05) is 6.92 Å². The summed E-state index contributed by atoms with van der Waals surface area (Å²) in [4.78, 5) is 35.2. The van der Waals surface area contributed by atoms with Gasteiger partial charge in [-0.1, -0.05) is 19.1 Å². The summed E-state index contributed by atoms with van der Waals surface area (Å²) in [6, 6.07) is 0. The van der Waals surface area contributed by atoms with Crippen LogP contribution in [0.4, 0.5) is 0 Å². The molecule has 0 spiro atoms. The van der Waals surface area contributed by atoms with Crippen molar-refractivity contribution in [3.63, 3.8) is 0 Å². The molecule has 2 saturated carbocycles. The summed E-state index contributed by atoms with van der Waals surface area (Å²) in [6.45, 7) is 8.37. The van der Waals surface area contributed by atoms with Crippen molar-refractivity contribution < 1.29 is 33.7 Å². The summed E-state index contributed by atoms with van der Waals surface area (Å²) in [7, 11) is 0. The molecule has 2 fully saturated rings. The molecule has 7 heteroatoms. The Morgan fingerprint density at radius 2 is 2.04 bits per heavy atom. The van der Waals surface area contributed by atoms with Crippen LogP contribution in [0.3, 0.4) is 0 Å². The first kappa shape index (κ1) is 18.6. The Kier molecular flexibility index (Phi) is 4.69. The minimum Gasteiger partial charge on any atom is -0.461 e. The summed E-state index contributed by atoms with van der Waals surface area (Å²) in [5, 5.41) is 10.7. The maximum absolute atomic E-state index is 12.4. The van der Waals surface area contributed by atoms with Gasteiger partial charge in [0.15, 0.2) is 0 Å². The first-order valence-corrected chi connectivity index (χ1v) is 8.75. The largest absolute Gasteiger partial charge is 0.461 e. The van der Waals surface area contributed by atoms with Crippen LogP contribution >= 0.6 is 0 Å². The summed E-state index contributed by atoms with van der Waals surface area (Å²) >= 11 is 0. The molecule has 0 aromatic carbocycles. The molecular weight excluding hydrogens is 340 g/mol. The van der Waals surface area contributed by atoms with Gasteiger partial charge in [0.1, 0.15) is 18.8 Å². The fourth-order valence-corrected chi connectivity index (χ4v) is 4.60. The van der Waals surface area contributed by atoms with E-state index in [9.17, 15) is 19.5 Å². The van der Waals surface area contributed by atoms with Gasteiger partial charge in [-0.3, -0.25) is 9.59 Å². The average molecular weight is 364 g/mol. The van der Waals surface area contributed by atoms with Crippen molar-refractivity contribution in [3.05, 3.63) is 23.3 Å². The Balaban J connectivity index is 2.06. The highest BCUT2D eigenvalue weighted by atomic mass is 16.6. The molecule has 0 bridgehead atoms. The minimum atomic E-state index is -0.712. The Hall–Kier alpha value is -2.15. The molecule has 0 saturated heterocycles. The van der Waals surface area contributed by atoms with Gasteiger partial charge >= 0.3 is 17.9 Å². The lowest BCUT2D eigenvalue weighted by molar-refractivity contribution is -0.160. The quantitative estimate of drug-likeness (QED) is 0.459. The number of carbonyl (C=O) groups excluding carboxylic acids is 3. The van der Waals surface area contributed by atoms with Gasteiger partial charge in [0, 0.05) is 30.8 Å². The number of carbonyl (C=O) groups is 3. The number of fused-ring (bicyclic) bond motifs is 3. The topological polar surface area (TPSA) is 99.1 Å². The molecule has 0 aromatic heterocycles. The van der Waals surface area contributed by atoms with E-state index in [2.05, 4.69) is 6.58 Å². The summed E-state index contributed by atoms with van der Waals surface area (Å²) in [5.41, 5.74) is 1.03. The normalized spacial score (nSPS) is 36.2. The molecule has 5 atom stereocenters. The third-order valence-electron chi connectivity index (χ3n) is 5.79. The van der Waals surface area contributed by atoms with Crippen molar-refractivity contribution in [2.24, 2.45) is 11.3 Å². The van der Waals surface area contributed by atoms with Gasteiger partial charge in [-0.05, 0) is 19.3 Å². The lowest BCUT2D eigenvalue weighted by Gasteiger charge is -2.53.